The van der Waals surface area contributed by atoms with Crippen molar-refractivity contribution in [1.82, 2.24) is 15.0 Å². The van der Waals surface area contributed by atoms with E-state index in [1.165, 1.54) is 38.8 Å². The quantitative estimate of drug-likeness (QED) is 0.237. The van der Waals surface area contributed by atoms with E-state index in [0.29, 0.717) is 12.1 Å². The Bertz CT molecular complexity index is 872. The molecule has 0 amide bonds. The van der Waals surface area contributed by atoms with Gasteiger partial charge in [-0.05, 0) is 12.8 Å². The Kier molecular flexibility index (Phi) is 11.1. The van der Waals surface area contributed by atoms with Crippen LogP contribution in [0.1, 0.15) is 78.6 Å². The second-order valence-corrected chi connectivity index (χ2v) is 8.44. The fourth-order valence-electron chi connectivity index (χ4n) is 3.88. The van der Waals surface area contributed by atoms with Crippen LogP contribution in [0.2, 0.25) is 0 Å². The van der Waals surface area contributed by atoms with E-state index in [-0.39, 0.29) is 6.61 Å². The second-order valence-electron chi connectivity index (χ2n) is 8.44. The summed E-state index contributed by atoms with van der Waals surface area (Å²) < 4.78 is 28.8. The fourth-order valence-corrected chi connectivity index (χ4v) is 3.88. The molecular formula is C23H35N3O9. The Hall–Kier alpha value is -3.02. The van der Waals surface area contributed by atoms with Gasteiger partial charge < -0.3 is 23.7 Å². The summed E-state index contributed by atoms with van der Waals surface area (Å²) in [7, 11) is 0. The number of aryl methyl sites for hydroxylation is 1. The van der Waals surface area contributed by atoms with Crippen molar-refractivity contribution < 1.29 is 42.9 Å². The van der Waals surface area contributed by atoms with Gasteiger partial charge in [0.1, 0.15) is 12.7 Å². The third-order valence-electron chi connectivity index (χ3n) is 5.32. The van der Waals surface area contributed by atoms with Crippen LogP contribution in [-0.2, 0) is 49.3 Å². The van der Waals surface area contributed by atoms with Crippen molar-refractivity contribution in [2.24, 2.45) is 0 Å². The third-order valence-corrected chi connectivity index (χ3v) is 5.32. The molecule has 0 spiro atoms. The second kappa shape index (κ2) is 13.8. The molecule has 1 aromatic heterocycles. The molecule has 12 heteroatoms. The predicted molar refractivity (Wildman–Crippen MR) is 120 cm³/mol. The van der Waals surface area contributed by atoms with Gasteiger partial charge in [0.25, 0.3) is 0 Å². The van der Waals surface area contributed by atoms with Crippen LogP contribution in [0.3, 0.4) is 0 Å². The molecule has 5 atom stereocenters. The molecule has 1 aromatic rings. The van der Waals surface area contributed by atoms with Gasteiger partial charge in [0.05, 0.1) is 11.9 Å². The van der Waals surface area contributed by atoms with Crippen LogP contribution in [0.4, 0.5) is 0 Å². The molecule has 12 nitrogen and oxygen atoms in total. The van der Waals surface area contributed by atoms with Crippen molar-refractivity contribution >= 4 is 23.9 Å². The lowest BCUT2D eigenvalue weighted by Crippen LogP contribution is -2.60. The van der Waals surface area contributed by atoms with Crippen molar-refractivity contribution in [2.45, 2.75) is 104 Å². The highest BCUT2D eigenvalue weighted by atomic mass is 16.7. The molecule has 0 unspecified atom stereocenters. The van der Waals surface area contributed by atoms with Gasteiger partial charge in [-0.3, -0.25) is 19.2 Å². The van der Waals surface area contributed by atoms with Crippen LogP contribution in [0, 0.1) is 0 Å². The van der Waals surface area contributed by atoms with Gasteiger partial charge in [-0.1, -0.05) is 37.8 Å². The minimum absolute atomic E-state index is 0.298. The number of unbranched alkanes of at least 4 members (excludes halogenated alkanes) is 4. The van der Waals surface area contributed by atoms with Gasteiger partial charge in [-0.2, -0.15) is 0 Å². The minimum atomic E-state index is -1.25. The number of rotatable bonds is 12. The number of carbonyl (C=O) groups excluding carboxylic acids is 4. The summed E-state index contributed by atoms with van der Waals surface area (Å²) in [6.45, 7) is 6.61. The number of esters is 4. The zero-order valence-corrected chi connectivity index (χ0v) is 20.9. The maximum absolute atomic E-state index is 11.9. The summed E-state index contributed by atoms with van der Waals surface area (Å²) >= 11 is 0. The molecule has 0 saturated carbocycles. The molecule has 2 heterocycles. The number of ether oxygens (including phenoxy) is 5. The minimum Gasteiger partial charge on any atom is -0.463 e. The standard InChI is InChI=1S/C23H35N3O9/c1-6-7-8-9-10-11-18-12-26(25-24-18)23-22(34-17(5)30)21(33-16(4)29)20(32-15(3)28)19(35-23)13-31-14(2)27/h12,19-23H,6-11,13H2,1-5H3/t19-,20-,21+,22-,23-/m1/s1. The van der Waals surface area contributed by atoms with Crippen LogP contribution in [-0.4, -0.2) is 69.9 Å². The van der Waals surface area contributed by atoms with E-state index in [4.69, 9.17) is 23.7 Å². The largest absolute Gasteiger partial charge is 0.463 e. The molecule has 1 aliphatic rings. The van der Waals surface area contributed by atoms with E-state index >= 15 is 0 Å². The lowest BCUT2D eigenvalue weighted by Gasteiger charge is -2.44. The Morgan fingerprint density at radius 3 is 2.06 bits per heavy atom. The van der Waals surface area contributed by atoms with Gasteiger partial charge in [0.15, 0.2) is 24.5 Å². The molecule has 1 saturated heterocycles. The highest BCUT2D eigenvalue weighted by molar-refractivity contribution is 5.68. The molecule has 35 heavy (non-hydrogen) atoms. The smallest absolute Gasteiger partial charge is 0.303 e. The zero-order valence-electron chi connectivity index (χ0n) is 20.9. The summed E-state index contributed by atoms with van der Waals surface area (Å²) in [6.07, 6.45) is 2.06. The van der Waals surface area contributed by atoms with Gasteiger partial charge in [-0.15, -0.1) is 5.10 Å². The van der Waals surface area contributed by atoms with Crippen molar-refractivity contribution in [3.05, 3.63) is 11.9 Å². The number of carbonyl (C=O) groups is 4. The Labute approximate surface area is 204 Å². The van der Waals surface area contributed by atoms with Gasteiger partial charge >= 0.3 is 23.9 Å². The van der Waals surface area contributed by atoms with Gasteiger partial charge in [0, 0.05) is 27.7 Å². The van der Waals surface area contributed by atoms with Crippen molar-refractivity contribution in [2.75, 3.05) is 6.61 Å². The molecular weight excluding hydrogens is 462 g/mol. The summed E-state index contributed by atoms with van der Waals surface area (Å²) in [5, 5.41) is 8.33. The first kappa shape index (κ1) is 28.2. The average Bonchev–Trinajstić information content (AvgIpc) is 3.22. The van der Waals surface area contributed by atoms with Crippen molar-refractivity contribution in [1.29, 1.82) is 0 Å². The van der Waals surface area contributed by atoms with E-state index in [2.05, 4.69) is 17.2 Å². The van der Waals surface area contributed by atoms with Crippen LogP contribution in [0.25, 0.3) is 0 Å². The van der Waals surface area contributed by atoms with Crippen molar-refractivity contribution in [3.63, 3.8) is 0 Å². The molecule has 1 aliphatic heterocycles. The molecule has 0 bridgehead atoms. The monoisotopic (exact) mass is 497 g/mol. The summed E-state index contributed by atoms with van der Waals surface area (Å²) in [5.41, 5.74) is 0.717. The predicted octanol–water partition coefficient (Wildman–Crippen LogP) is 2.05. The maximum atomic E-state index is 11.9. The van der Waals surface area contributed by atoms with Gasteiger partial charge in [-0.25, -0.2) is 4.68 Å². The molecule has 0 radical (unpaired) electrons. The van der Waals surface area contributed by atoms with Crippen LogP contribution < -0.4 is 0 Å². The number of hydrogen-bond acceptors (Lipinski definition) is 11. The number of aromatic nitrogens is 3. The van der Waals surface area contributed by atoms with Crippen LogP contribution >= 0.6 is 0 Å². The Morgan fingerprint density at radius 2 is 1.46 bits per heavy atom. The van der Waals surface area contributed by atoms with E-state index in [1.54, 1.807) is 6.20 Å². The Balaban J connectivity index is 2.35. The first-order chi connectivity index (χ1) is 16.6. The molecule has 1 fully saturated rings. The number of hydrogen-bond donors (Lipinski definition) is 0. The normalized spacial score (nSPS) is 23.9. The lowest BCUT2D eigenvalue weighted by molar-refractivity contribution is -0.270. The zero-order chi connectivity index (χ0) is 26.0. The SMILES string of the molecule is CCCCCCCc1cn([C@@H]2O[C@H](COC(C)=O)[C@@H](OC(C)=O)[C@H](OC(C)=O)[C@H]2OC(C)=O)nn1. The fraction of sp³-hybridized carbons (Fsp3) is 0.739. The van der Waals surface area contributed by atoms with Gasteiger partial charge in [0.2, 0.25) is 0 Å². The van der Waals surface area contributed by atoms with E-state index in [9.17, 15) is 19.2 Å². The molecule has 0 aromatic carbocycles. The van der Waals surface area contributed by atoms with E-state index in [1.807, 2.05) is 0 Å². The molecule has 0 aliphatic carbocycles. The van der Waals surface area contributed by atoms with Crippen LogP contribution in [0.15, 0.2) is 6.20 Å². The lowest BCUT2D eigenvalue weighted by atomic mass is 9.97. The molecule has 0 N–H and O–H groups in total. The Morgan fingerprint density at radius 1 is 0.857 bits per heavy atom. The maximum Gasteiger partial charge on any atom is 0.303 e. The van der Waals surface area contributed by atoms with E-state index < -0.39 is 54.5 Å². The summed E-state index contributed by atoms with van der Waals surface area (Å²) in [4.78, 5) is 47.1. The highest BCUT2D eigenvalue weighted by Crippen LogP contribution is 2.34. The van der Waals surface area contributed by atoms with E-state index in [0.717, 1.165) is 25.7 Å². The molecule has 2 rings (SSSR count). The van der Waals surface area contributed by atoms with Crippen molar-refractivity contribution in [3.8, 4) is 0 Å². The molecule has 196 valence electrons. The average molecular weight is 498 g/mol. The topological polar surface area (TPSA) is 145 Å². The summed E-state index contributed by atoms with van der Waals surface area (Å²) in [6, 6.07) is 0. The number of nitrogens with zero attached hydrogens (tertiary/aromatic N) is 3. The highest BCUT2D eigenvalue weighted by Gasteiger charge is 2.53. The first-order valence-electron chi connectivity index (χ1n) is 11.8. The summed E-state index contributed by atoms with van der Waals surface area (Å²) in [5.74, 6) is -2.63. The first-order valence-corrected chi connectivity index (χ1v) is 11.8. The third kappa shape index (κ3) is 8.93. The van der Waals surface area contributed by atoms with Crippen LogP contribution in [0.5, 0.6) is 0 Å².